The largest absolute Gasteiger partial charge is 0.484 e. The topological polar surface area (TPSA) is 93.3 Å². The number of pyridine rings is 1. The molecule has 0 saturated heterocycles. The van der Waals surface area contributed by atoms with Crippen molar-refractivity contribution in [1.82, 2.24) is 15.2 Å². The zero-order valence-corrected chi connectivity index (χ0v) is 19.0. The molecule has 0 atom stereocenters. The Labute approximate surface area is 189 Å². The van der Waals surface area contributed by atoms with Crippen molar-refractivity contribution in [1.29, 1.82) is 0 Å². The van der Waals surface area contributed by atoms with Crippen LogP contribution in [-0.4, -0.2) is 45.7 Å². The van der Waals surface area contributed by atoms with Crippen LogP contribution in [0.4, 0.5) is 19.2 Å². The molecule has 1 aliphatic rings. The maximum atomic E-state index is 12.7. The lowest BCUT2D eigenvalue weighted by Crippen LogP contribution is -2.33. The molecule has 0 bridgehead atoms. The van der Waals surface area contributed by atoms with Gasteiger partial charge in [0.05, 0.1) is 11.6 Å². The first-order chi connectivity index (χ1) is 15.4. The number of aromatic nitrogens is 3. The van der Waals surface area contributed by atoms with Gasteiger partial charge in [-0.25, -0.2) is 4.98 Å². The molecule has 4 rings (SSSR count). The Hall–Kier alpha value is -2.88. The summed E-state index contributed by atoms with van der Waals surface area (Å²) in [5.41, 5.74) is 2.28. The highest BCUT2D eigenvalue weighted by atomic mass is 19.4. The van der Waals surface area contributed by atoms with Crippen molar-refractivity contribution in [3.05, 3.63) is 29.3 Å². The fourth-order valence-electron chi connectivity index (χ4n) is 3.89. The lowest BCUT2D eigenvalue weighted by molar-refractivity contribution is -0.153. The molecule has 0 spiro atoms. The number of alkyl halides is 3. The van der Waals surface area contributed by atoms with Crippen LogP contribution in [0.5, 0.6) is 5.75 Å². The van der Waals surface area contributed by atoms with Gasteiger partial charge in [-0.1, -0.05) is 25.9 Å². The van der Waals surface area contributed by atoms with Gasteiger partial charge >= 0.3 is 12.2 Å². The number of anilines is 1. The molecule has 7 nitrogen and oxygen atoms in total. The van der Waals surface area contributed by atoms with Gasteiger partial charge in [0.2, 0.25) is 0 Å². The van der Waals surface area contributed by atoms with E-state index in [1.54, 1.807) is 18.2 Å². The Morgan fingerprint density at radius 2 is 1.88 bits per heavy atom. The highest BCUT2D eigenvalue weighted by Gasteiger charge is 2.30. The quantitative estimate of drug-likeness (QED) is 0.529. The summed E-state index contributed by atoms with van der Waals surface area (Å²) in [6.07, 6.45) is -3.14. The fraction of sp³-hybridized carbons (Fsp3) is 0.522. The molecule has 0 radical (unpaired) electrons. The summed E-state index contributed by atoms with van der Waals surface area (Å²) in [7, 11) is 0. The average Bonchev–Trinajstić information content (AvgIpc) is 3.16. The van der Waals surface area contributed by atoms with Crippen molar-refractivity contribution in [2.24, 2.45) is 5.92 Å². The molecule has 10 heteroatoms. The van der Waals surface area contributed by atoms with Crippen LogP contribution in [-0.2, 0) is 5.41 Å². The summed E-state index contributed by atoms with van der Waals surface area (Å²) in [6.45, 7) is 7.02. The summed E-state index contributed by atoms with van der Waals surface area (Å²) in [5, 5.41) is 21.3. The van der Waals surface area contributed by atoms with Gasteiger partial charge in [-0.05, 0) is 60.4 Å². The van der Waals surface area contributed by atoms with E-state index in [1.807, 2.05) is 27.7 Å². The molecule has 3 aromatic rings. The minimum Gasteiger partial charge on any atom is -0.484 e. The number of aliphatic hydroxyl groups is 1. The summed E-state index contributed by atoms with van der Waals surface area (Å²) in [4.78, 5) is 4.73. The second-order valence-electron chi connectivity index (χ2n) is 9.63. The van der Waals surface area contributed by atoms with Gasteiger partial charge in [-0.3, -0.25) is 0 Å². The first-order valence-electron chi connectivity index (χ1n) is 10.8. The Morgan fingerprint density at radius 1 is 1.15 bits per heavy atom. The molecule has 2 aromatic heterocycles. The first kappa shape index (κ1) is 23.3. The van der Waals surface area contributed by atoms with E-state index in [0.29, 0.717) is 29.1 Å². The Bertz CT molecular complexity index is 1150. The molecule has 1 aliphatic carbocycles. The molecule has 1 fully saturated rings. The standard InChI is InChI=1S/C23H27F3N4O3/c1-12-5-18(20-29-30-21(33-20)27-10-13-6-14(31)7-13)28-19-16(12)8-15(32-11-23(24,25)26)9-17(19)22(2,3)4/h5,8-9,13-14,31H,6-7,10-11H2,1-4H3,(H,27,30). The lowest BCUT2D eigenvalue weighted by Gasteiger charge is -2.30. The van der Waals surface area contributed by atoms with E-state index >= 15 is 0 Å². The molecule has 0 amide bonds. The third-order valence-electron chi connectivity index (χ3n) is 5.70. The molecular formula is C23H27F3N4O3. The van der Waals surface area contributed by atoms with Crippen LogP contribution in [0.1, 0.15) is 44.7 Å². The van der Waals surface area contributed by atoms with E-state index in [4.69, 9.17) is 14.1 Å². The van der Waals surface area contributed by atoms with Crippen molar-refractivity contribution >= 4 is 16.9 Å². The molecule has 1 saturated carbocycles. The number of hydrogen-bond acceptors (Lipinski definition) is 7. The van der Waals surface area contributed by atoms with Crippen molar-refractivity contribution in [3.63, 3.8) is 0 Å². The third-order valence-corrected chi connectivity index (χ3v) is 5.70. The normalized spacial score (nSPS) is 18.9. The second kappa shape index (κ2) is 8.48. The zero-order chi connectivity index (χ0) is 24.0. The SMILES string of the molecule is Cc1cc(-c2nnc(NCC3CC(O)C3)o2)nc2c(C(C)(C)C)cc(OCC(F)(F)F)cc12. The van der Waals surface area contributed by atoms with Crippen LogP contribution >= 0.6 is 0 Å². The van der Waals surface area contributed by atoms with E-state index in [0.717, 1.165) is 24.0 Å². The molecule has 178 valence electrons. The number of aryl methyl sites for hydroxylation is 1. The van der Waals surface area contributed by atoms with Crippen molar-refractivity contribution in [2.75, 3.05) is 18.5 Å². The van der Waals surface area contributed by atoms with Gasteiger partial charge in [0.1, 0.15) is 11.4 Å². The maximum absolute atomic E-state index is 12.7. The summed E-state index contributed by atoms with van der Waals surface area (Å²) in [6, 6.07) is 5.23. The summed E-state index contributed by atoms with van der Waals surface area (Å²) < 4.78 is 48.8. The van der Waals surface area contributed by atoms with Crippen LogP contribution < -0.4 is 10.1 Å². The number of aliphatic hydroxyl groups excluding tert-OH is 1. The molecule has 0 unspecified atom stereocenters. The monoisotopic (exact) mass is 464 g/mol. The average molecular weight is 464 g/mol. The number of nitrogens with zero attached hydrogens (tertiary/aromatic N) is 3. The van der Waals surface area contributed by atoms with E-state index in [9.17, 15) is 18.3 Å². The highest BCUT2D eigenvalue weighted by Crippen LogP contribution is 2.36. The molecule has 0 aliphatic heterocycles. The number of nitrogens with one attached hydrogen (secondary N) is 1. The van der Waals surface area contributed by atoms with Crippen LogP contribution in [0.25, 0.3) is 22.5 Å². The third kappa shape index (κ3) is 5.38. The Kier molecular flexibility index (Phi) is 5.98. The predicted octanol–water partition coefficient (Wildman–Crippen LogP) is 5.01. The number of benzene rings is 1. The van der Waals surface area contributed by atoms with E-state index in [-0.39, 0.29) is 23.8 Å². The Morgan fingerprint density at radius 3 is 2.52 bits per heavy atom. The van der Waals surface area contributed by atoms with Crippen molar-refractivity contribution in [2.45, 2.75) is 58.2 Å². The number of rotatable bonds is 6. The van der Waals surface area contributed by atoms with Gasteiger partial charge in [-0.2, -0.15) is 13.2 Å². The maximum Gasteiger partial charge on any atom is 0.422 e. The highest BCUT2D eigenvalue weighted by molar-refractivity contribution is 5.89. The Balaban J connectivity index is 1.66. The van der Waals surface area contributed by atoms with Crippen molar-refractivity contribution < 1.29 is 27.4 Å². The summed E-state index contributed by atoms with van der Waals surface area (Å²) in [5.74, 6) is 0.765. The van der Waals surface area contributed by atoms with E-state index < -0.39 is 18.2 Å². The van der Waals surface area contributed by atoms with Gasteiger partial charge < -0.3 is 19.6 Å². The predicted molar refractivity (Wildman–Crippen MR) is 117 cm³/mol. The molecule has 2 heterocycles. The summed E-state index contributed by atoms with van der Waals surface area (Å²) >= 11 is 0. The van der Waals surface area contributed by atoms with Gasteiger partial charge in [0, 0.05) is 11.9 Å². The van der Waals surface area contributed by atoms with Crippen LogP contribution in [0.3, 0.4) is 0 Å². The number of ether oxygens (including phenoxy) is 1. The van der Waals surface area contributed by atoms with Crippen LogP contribution in [0.15, 0.2) is 22.6 Å². The van der Waals surface area contributed by atoms with Crippen LogP contribution in [0, 0.1) is 12.8 Å². The van der Waals surface area contributed by atoms with Crippen molar-refractivity contribution in [3.8, 4) is 17.3 Å². The zero-order valence-electron chi connectivity index (χ0n) is 19.0. The van der Waals surface area contributed by atoms with Gasteiger partial charge in [0.15, 0.2) is 6.61 Å². The van der Waals surface area contributed by atoms with Crippen LogP contribution in [0.2, 0.25) is 0 Å². The molecule has 33 heavy (non-hydrogen) atoms. The smallest absolute Gasteiger partial charge is 0.422 e. The van der Waals surface area contributed by atoms with Gasteiger partial charge in [0.25, 0.3) is 5.89 Å². The first-order valence-corrected chi connectivity index (χ1v) is 10.8. The fourth-order valence-corrected chi connectivity index (χ4v) is 3.89. The number of halogens is 3. The lowest BCUT2D eigenvalue weighted by atomic mass is 9.82. The minimum atomic E-state index is -4.42. The minimum absolute atomic E-state index is 0.146. The molecule has 2 N–H and O–H groups in total. The van der Waals surface area contributed by atoms with Gasteiger partial charge in [-0.15, -0.1) is 5.10 Å². The number of fused-ring (bicyclic) bond motifs is 1. The number of hydrogen-bond donors (Lipinski definition) is 2. The molecule has 1 aromatic carbocycles. The second-order valence-corrected chi connectivity index (χ2v) is 9.63. The molecular weight excluding hydrogens is 437 g/mol. The van der Waals surface area contributed by atoms with E-state index in [1.165, 1.54) is 0 Å². The van der Waals surface area contributed by atoms with E-state index in [2.05, 4.69) is 15.5 Å².